The van der Waals surface area contributed by atoms with Crippen molar-refractivity contribution in [3.63, 3.8) is 0 Å². The van der Waals surface area contributed by atoms with Crippen molar-refractivity contribution in [2.45, 2.75) is 51.0 Å². The third-order valence-corrected chi connectivity index (χ3v) is 3.87. The zero-order chi connectivity index (χ0) is 11.9. The van der Waals surface area contributed by atoms with Crippen LogP contribution in [0.2, 0.25) is 0 Å². The predicted molar refractivity (Wildman–Crippen MR) is 70.2 cm³/mol. The molecule has 1 aromatic heterocycles. The van der Waals surface area contributed by atoms with Crippen LogP contribution < -0.4 is 11.3 Å². The number of hydrogen-bond donors (Lipinski definition) is 2. The van der Waals surface area contributed by atoms with Crippen LogP contribution in [-0.2, 0) is 6.42 Å². The van der Waals surface area contributed by atoms with E-state index in [1.54, 1.807) is 0 Å². The van der Waals surface area contributed by atoms with Crippen molar-refractivity contribution in [1.29, 1.82) is 0 Å². The monoisotopic (exact) mass is 233 g/mol. The van der Waals surface area contributed by atoms with E-state index in [2.05, 4.69) is 22.5 Å². The molecular weight excluding hydrogens is 210 g/mol. The van der Waals surface area contributed by atoms with Gasteiger partial charge in [-0.1, -0.05) is 25.7 Å². The molecule has 17 heavy (non-hydrogen) atoms. The van der Waals surface area contributed by atoms with E-state index in [9.17, 15) is 0 Å². The van der Waals surface area contributed by atoms with Gasteiger partial charge in [-0.05, 0) is 42.9 Å². The van der Waals surface area contributed by atoms with Crippen LogP contribution in [0.15, 0.2) is 24.5 Å². The normalized spacial score (nSPS) is 18.4. The molecule has 0 saturated heterocycles. The minimum absolute atomic E-state index is 0.401. The number of aromatic nitrogens is 1. The van der Waals surface area contributed by atoms with Gasteiger partial charge in [0.1, 0.15) is 0 Å². The van der Waals surface area contributed by atoms with E-state index >= 15 is 0 Å². The maximum absolute atomic E-state index is 5.64. The van der Waals surface area contributed by atoms with Crippen LogP contribution in [0.5, 0.6) is 0 Å². The Bertz CT molecular complexity index is 307. The average Bonchev–Trinajstić information content (AvgIpc) is 2.89. The second-order valence-electron chi connectivity index (χ2n) is 5.15. The van der Waals surface area contributed by atoms with Crippen LogP contribution >= 0.6 is 0 Å². The molecule has 1 aliphatic rings. The molecule has 1 heterocycles. The van der Waals surface area contributed by atoms with Gasteiger partial charge < -0.3 is 0 Å². The molecule has 3 heteroatoms. The van der Waals surface area contributed by atoms with Crippen molar-refractivity contribution in [3.8, 4) is 0 Å². The van der Waals surface area contributed by atoms with Crippen molar-refractivity contribution in [1.82, 2.24) is 10.4 Å². The zero-order valence-corrected chi connectivity index (χ0v) is 10.4. The van der Waals surface area contributed by atoms with Gasteiger partial charge in [0.05, 0.1) is 0 Å². The Balaban J connectivity index is 1.76. The average molecular weight is 233 g/mol. The summed E-state index contributed by atoms with van der Waals surface area (Å²) >= 11 is 0. The summed E-state index contributed by atoms with van der Waals surface area (Å²) < 4.78 is 0. The number of pyridine rings is 1. The van der Waals surface area contributed by atoms with Gasteiger partial charge in [-0.25, -0.2) is 0 Å². The Labute approximate surface area is 104 Å². The van der Waals surface area contributed by atoms with Crippen LogP contribution in [0.3, 0.4) is 0 Å². The molecule has 0 bridgehead atoms. The Kier molecular flexibility index (Phi) is 4.95. The summed E-state index contributed by atoms with van der Waals surface area (Å²) in [5.41, 5.74) is 4.27. The van der Waals surface area contributed by atoms with E-state index in [0.717, 1.165) is 12.3 Å². The van der Waals surface area contributed by atoms with E-state index in [0.29, 0.717) is 6.04 Å². The highest BCUT2D eigenvalue weighted by molar-refractivity contribution is 5.11. The molecule has 3 nitrogen and oxygen atoms in total. The lowest BCUT2D eigenvalue weighted by atomic mass is 9.96. The van der Waals surface area contributed by atoms with Gasteiger partial charge >= 0.3 is 0 Å². The molecule has 1 saturated carbocycles. The molecule has 1 fully saturated rings. The smallest absolute Gasteiger partial charge is 0.0270 e. The molecule has 0 radical (unpaired) electrons. The highest BCUT2D eigenvalue weighted by Gasteiger charge is 2.17. The SMILES string of the molecule is NNC(CCC1CCCC1)Cc1ccncc1. The summed E-state index contributed by atoms with van der Waals surface area (Å²) in [5, 5.41) is 0. The molecular formula is C14H23N3. The number of nitrogens with two attached hydrogens (primary N) is 1. The van der Waals surface area contributed by atoms with Crippen molar-refractivity contribution in [2.24, 2.45) is 11.8 Å². The lowest BCUT2D eigenvalue weighted by Crippen LogP contribution is -2.37. The first-order valence-corrected chi connectivity index (χ1v) is 6.73. The van der Waals surface area contributed by atoms with Gasteiger partial charge in [0.2, 0.25) is 0 Å². The molecule has 1 aromatic rings. The van der Waals surface area contributed by atoms with E-state index < -0.39 is 0 Å². The molecule has 1 unspecified atom stereocenters. The van der Waals surface area contributed by atoms with Crippen LogP contribution in [-0.4, -0.2) is 11.0 Å². The van der Waals surface area contributed by atoms with Crippen LogP contribution in [0.25, 0.3) is 0 Å². The summed E-state index contributed by atoms with van der Waals surface area (Å²) in [6.07, 6.45) is 12.9. The van der Waals surface area contributed by atoms with Crippen LogP contribution in [0.1, 0.15) is 44.1 Å². The molecule has 1 atom stereocenters. The number of hydrogen-bond acceptors (Lipinski definition) is 3. The maximum Gasteiger partial charge on any atom is 0.0270 e. The maximum atomic E-state index is 5.64. The fourth-order valence-electron chi connectivity index (χ4n) is 2.78. The zero-order valence-electron chi connectivity index (χ0n) is 10.4. The summed E-state index contributed by atoms with van der Waals surface area (Å²) in [6, 6.07) is 4.54. The molecule has 0 spiro atoms. The summed E-state index contributed by atoms with van der Waals surface area (Å²) in [4.78, 5) is 4.04. The summed E-state index contributed by atoms with van der Waals surface area (Å²) in [5.74, 6) is 6.59. The molecule has 3 N–H and O–H groups in total. The van der Waals surface area contributed by atoms with Gasteiger partial charge in [0.25, 0.3) is 0 Å². The third kappa shape index (κ3) is 4.10. The fraction of sp³-hybridized carbons (Fsp3) is 0.643. The molecule has 1 aliphatic carbocycles. The first-order chi connectivity index (χ1) is 8.38. The second kappa shape index (κ2) is 6.72. The van der Waals surface area contributed by atoms with Crippen molar-refractivity contribution < 1.29 is 0 Å². The van der Waals surface area contributed by atoms with Gasteiger partial charge in [-0.2, -0.15) is 0 Å². The Morgan fingerprint density at radius 1 is 1.29 bits per heavy atom. The summed E-state index contributed by atoms with van der Waals surface area (Å²) in [6.45, 7) is 0. The van der Waals surface area contributed by atoms with Gasteiger partial charge in [0, 0.05) is 18.4 Å². The minimum atomic E-state index is 0.401. The highest BCUT2D eigenvalue weighted by Crippen LogP contribution is 2.29. The number of hydrazine groups is 1. The Hall–Kier alpha value is -0.930. The number of nitrogens with zero attached hydrogens (tertiary/aromatic N) is 1. The number of nitrogens with one attached hydrogen (secondary N) is 1. The van der Waals surface area contributed by atoms with E-state index in [-0.39, 0.29) is 0 Å². The largest absolute Gasteiger partial charge is 0.271 e. The third-order valence-electron chi connectivity index (χ3n) is 3.87. The van der Waals surface area contributed by atoms with E-state index in [4.69, 9.17) is 5.84 Å². The Morgan fingerprint density at radius 2 is 2.00 bits per heavy atom. The minimum Gasteiger partial charge on any atom is -0.271 e. The fourth-order valence-corrected chi connectivity index (χ4v) is 2.78. The van der Waals surface area contributed by atoms with Crippen molar-refractivity contribution >= 4 is 0 Å². The first kappa shape index (κ1) is 12.5. The highest BCUT2D eigenvalue weighted by atomic mass is 15.2. The quantitative estimate of drug-likeness (QED) is 0.586. The summed E-state index contributed by atoms with van der Waals surface area (Å²) in [7, 11) is 0. The lowest BCUT2D eigenvalue weighted by Gasteiger charge is -2.18. The van der Waals surface area contributed by atoms with Gasteiger partial charge in [-0.15, -0.1) is 0 Å². The molecule has 94 valence electrons. The molecule has 2 rings (SSSR count). The van der Waals surface area contributed by atoms with E-state index in [1.165, 1.54) is 44.1 Å². The standard InChI is InChI=1S/C14H23N3/c15-17-14(6-5-12-3-1-2-4-12)11-13-7-9-16-10-8-13/h7-10,12,14,17H,1-6,11,15H2. The van der Waals surface area contributed by atoms with E-state index in [1.807, 2.05) is 12.4 Å². The van der Waals surface area contributed by atoms with Crippen LogP contribution in [0, 0.1) is 5.92 Å². The van der Waals surface area contributed by atoms with Gasteiger partial charge in [0.15, 0.2) is 0 Å². The molecule has 0 aromatic carbocycles. The van der Waals surface area contributed by atoms with Crippen molar-refractivity contribution in [2.75, 3.05) is 0 Å². The Morgan fingerprint density at radius 3 is 2.65 bits per heavy atom. The molecule has 0 amide bonds. The number of rotatable bonds is 6. The van der Waals surface area contributed by atoms with Crippen LogP contribution in [0.4, 0.5) is 0 Å². The lowest BCUT2D eigenvalue weighted by molar-refractivity contribution is 0.407. The second-order valence-corrected chi connectivity index (χ2v) is 5.15. The van der Waals surface area contributed by atoms with Gasteiger partial charge in [-0.3, -0.25) is 16.3 Å². The molecule has 0 aliphatic heterocycles. The predicted octanol–water partition coefficient (Wildman–Crippen LogP) is 2.43. The van der Waals surface area contributed by atoms with Crippen molar-refractivity contribution in [3.05, 3.63) is 30.1 Å². The topological polar surface area (TPSA) is 50.9 Å². The first-order valence-electron chi connectivity index (χ1n) is 6.73.